The number of carbonyl (C=O) groups excluding carboxylic acids is 2. The summed E-state index contributed by atoms with van der Waals surface area (Å²) in [7, 11) is 1.58. The van der Waals surface area contributed by atoms with Gasteiger partial charge in [-0.25, -0.2) is 4.79 Å². The third-order valence-electron chi connectivity index (χ3n) is 4.37. The van der Waals surface area contributed by atoms with Crippen LogP contribution in [0.25, 0.3) is 0 Å². The van der Waals surface area contributed by atoms with Crippen molar-refractivity contribution < 1.29 is 14.3 Å². The SMILES string of the molecule is COc1ccc(NC(=O)NCC(N)c2ccc(C(=O)Nc3ccncc3)cc2)cc1. The van der Waals surface area contributed by atoms with Crippen molar-refractivity contribution in [2.45, 2.75) is 6.04 Å². The lowest BCUT2D eigenvalue weighted by Crippen LogP contribution is -2.35. The molecule has 3 rings (SSSR count). The molecule has 0 saturated heterocycles. The molecule has 5 N–H and O–H groups in total. The van der Waals surface area contributed by atoms with E-state index >= 15 is 0 Å². The number of hydrogen-bond donors (Lipinski definition) is 4. The molecule has 8 nitrogen and oxygen atoms in total. The Morgan fingerprint density at radius 2 is 1.57 bits per heavy atom. The number of nitrogens with two attached hydrogens (primary N) is 1. The van der Waals surface area contributed by atoms with E-state index in [9.17, 15) is 9.59 Å². The summed E-state index contributed by atoms with van der Waals surface area (Å²) < 4.78 is 5.08. The highest BCUT2D eigenvalue weighted by molar-refractivity contribution is 6.04. The Morgan fingerprint density at radius 1 is 0.933 bits per heavy atom. The molecule has 1 unspecified atom stereocenters. The molecule has 0 radical (unpaired) electrons. The molecule has 2 aromatic carbocycles. The summed E-state index contributed by atoms with van der Waals surface area (Å²) in [4.78, 5) is 28.3. The van der Waals surface area contributed by atoms with Crippen molar-refractivity contribution >= 4 is 23.3 Å². The van der Waals surface area contributed by atoms with Gasteiger partial charge in [0.15, 0.2) is 0 Å². The van der Waals surface area contributed by atoms with E-state index in [0.717, 1.165) is 5.56 Å². The molecule has 0 bridgehead atoms. The Morgan fingerprint density at radius 3 is 2.20 bits per heavy atom. The van der Waals surface area contributed by atoms with Crippen LogP contribution in [-0.4, -0.2) is 30.6 Å². The van der Waals surface area contributed by atoms with Gasteiger partial charge in [0.05, 0.1) is 7.11 Å². The van der Waals surface area contributed by atoms with E-state index in [2.05, 4.69) is 20.9 Å². The fourth-order valence-electron chi connectivity index (χ4n) is 2.69. The summed E-state index contributed by atoms with van der Waals surface area (Å²) in [5, 5.41) is 8.26. The number of methoxy groups -OCH3 is 1. The number of pyridine rings is 1. The first-order valence-corrected chi connectivity index (χ1v) is 9.31. The molecule has 0 spiro atoms. The van der Waals surface area contributed by atoms with Crippen LogP contribution in [0, 0.1) is 0 Å². The summed E-state index contributed by atoms with van der Waals surface area (Å²) in [6.07, 6.45) is 3.21. The molecule has 1 aromatic heterocycles. The minimum Gasteiger partial charge on any atom is -0.497 e. The molecule has 0 fully saturated rings. The van der Waals surface area contributed by atoms with Crippen LogP contribution in [0.1, 0.15) is 22.0 Å². The van der Waals surface area contributed by atoms with Crippen molar-refractivity contribution in [3.63, 3.8) is 0 Å². The third-order valence-corrected chi connectivity index (χ3v) is 4.37. The number of carbonyl (C=O) groups is 2. The van der Waals surface area contributed by atoms with Crippen molar-refractivity contribution in [1.29, 1.82) is 0 Å². The molecule has 30 heavy (non-hydrogen) atoms. The number of nitrogens with zero attached hydrogens (tertiary/aromatic N) is 1. The van der Waals surface area contributed by atoms with E-state index in [1.54, 1.807) is 80.2 Å². The molecule has 3 amide bonds. The normalized spacial score (nSPS) is 11.3. The van der Waals surface area contributed by atoms with Gasteiger partial charge in [0, 0.05) is 41.9 Å². The van der Waals surface area contributed by atoms with Gasteiger partial charge in [-0.15, -0.1) is 0 Å². The number of nitrogens with one attached hydrogen (secondary N) is 3. The van der Waals surface area contributed by atoms with E-state index in [-0.39, 0.29) is 18.5 Å². The Balaban J connectivity index is 1.49. The maximum absolute atomic E-state index is 12.3. The first-order valence-electron chi connectivity index (χ1n) is 9.31. The molecule has 1 atom stereocenters. The first-order chi connectivity index (χ1) is 14.5. The summed E-state index contributed by atoms with van der Waals surface area (Å²) in [6.45, 7) is 0.241. The van der Waals surface area contributed by atoms with Crippen molar-refractivity contribution in [3.05, 3.63) is 84.2 Å². The standard InChI is InChI=1S/C22H23N5O3/c1-30-19-8-6-17(7-9-19)27-22(29)25-14-20(23)15-2-4-16(5-3-15)21(28)26-18-10-12-24-13-11-18/h2-13,20H,14,23H2,1H3,(H,24,26,28)(H2,25,27,29). The minimum absolute atomic E-state index is 0.224. The Hall–Kier alpha value is -3.91. The van der Waals surface area contributed by atoms with Crippen molar-refractivity contribution in [2.24, 2.45) is 5.73 Å². The Bertz CT molecular complexity index is 976. The summed E-state index contributed by atoms with van der Waals surface area (Å²) in [5.74, 6) is 0.485. The monoisotopic (exact) mass is 405 g/mol. The first kappa shape index (κ1) is 20.8. The average Bonchev–Trinajstić information content (AvgIpc) is 2.78. The summed E-state index contributed by atoms with van der Waals surface area (Å²) in [6, 6.07) is 16.6. The van der Waals surface area contributed by atoms with Gasteiger partial charge in [0.2, 0.25) is 0 Å². The van der Waals surface area contributed by atoms with Crippen LogP contribution < -0.4 is 26.4 Å². The van der Waals surface area contributed by atoms with Gasteiger partial charge in [-0.1, -0.05) is 12.1 Å². The van der Waals surface area contributed by atoms with Crippen molar-refractivity contribution in [2.75, 3.05) is 24.3 Å². The second-order valence-electron chi connectivity index (χ2n) is 6.48. The molecular weight excluding hydrogens is 382 g/mol. The molecule has 3 aromatic rings. The highest BCUT2D eigenvalue weighted by atomic mass is 16.5. The number of urea groups is 1. The summed E-state index contributed by atoms with van der Waals surface area (Å²) in [5.41, 5.74) is 8.79. The van der Waals surface area contributed by atoms with Crippen LogP contribution >= 0.6 is 0 Å². The summed E-state index contributed by atoms with van der Waals surface area (Å²) >= 11 is 0. The molecule has 0 aliphatic carbocycles. The third kappa shape index (κ3) is 5.79. The van der Waals surface area contributed by atoms with Gasteiger partial charge in [-0.3, -0.25) is 9.78 Å². The highest BCUT2D eigenvalue weighted by Gasteiger charge is 2.11. The molecule has 0 aliphatic heterocycles. The second kappa shape index (κ2) is 10.0. The van der Waals surface area contributed by atoms with E-state index < -0.39 is 6.04 Å². The molecule has 0 aliphatic rings. The van der Waals surface area contributed by atoms with E-state index in [0.29, 0.717) is 22.7 Å². The van der Waals surface area contributed by atoms with Gasteiger partial charge in [0.25, 0.3) is 5.91 Å². The van der Waals surface area contributed by atoms with E-state index in [1.165, 1.54) is 0 Å². The topological polar surface area (TPSA) is 118 Å². The van der Waals surface area contributed by atoms with Crippen LogP contribution in [0.4, 0.5) is 16.2 Å². The van der Waals surface area contributed by atoms with Crippen LogP contribution in [0.3, 0.4) is 0 Å². The zero-order valence-electron chi connectivity index (χ0n) is 16.5. The predicted octanol–water partition coefficient (Wildman–Crippen LogP) is 3.16. The number of rotatable bonds is 7. The molecule has 1 heterocycles. The van der Waals surface area contributed by atoms with Gasteiger partial charge in [0.1, 0.15) is 5.75 Å². The van der Waals surface area contributed by atoms with Crippen LogP contribution in [0.5, 0.6) is 5.75 Å². The van der Waals surface area contributed by atoms with E-state index in [4.69, 9.17) is 10.5 Å². The zero-order valence-corrected chi connectivity index (χ0v) is 16.5. The number of amides is 3. The zero-order chi connectivity index (χ0) is 21.3. The van der Waals surface area contributed by atoms with Crippen molar-refractivity contribution in [1.82, 2.24) is 10.3 Å². The lowest BCUT2D eigenvalue weighted by Gasteiger charge is -2.14. The fraction of sp³-hybridized carbons (Fsp3) is 0.136. The van der Waals surface area contributed by atoms with Crippen molar-refractivity contribution in [3.8, 4) is 5.75 Å². The smallest absolute Gasteiger partial charge is 0.319 e. The lowest BCUT2D eigenvalue weighted by atomic mass is 10.1. The van der Waals surface area contributed by atoms with Crippen LogP contribution in [0.2, 0.25) is 0 Å². The molecular formula is C22H23N5O3. The molecule has 154 valence electrons. The highest BCUT2D eigenvalue weighted by Crippen LogP contribution is 2.15. The average molecular weight is 405 g/mol. The maximum Gasteiger partial charge on any atom is 0.319 e. The second-order valence-corrected chi connectivity index (χ2v) is 6.48. The Kier molecular flexibility index (Phi) is 6.96. The van der Waals surface area contributed by atoms with Crippen LogP contribution in [0.15, 0.2) is 73.1 Å². The largest absolute Gasteiger partial charge is 0.497 e. The van der Waals surface area contributed by atoms with Gasteiger partial charge >= 0.3 is 6.03 Å². The molecule has 8 heteroatoms. The van der Waals surface area contributed by atoms with Gasteiger partial charge in [-0.2, -0.15) is 0 Å². The number of hydrogen-bond acceptors (Lipinski definition) is 5. The quantitative estimate of drug-likeness (QED) is 0.481. The van der Waals surface area contributed by atoms with Gasteiger partial charge in [-0.05, 0) is 54.1 Å². The maximum atomic E-state index is 12.3. The minimum atomic E-state index is -0.413. The number of benzene rings is 2. The predicted molar refractivity (Wildman–Crippen MR) is 116 cm³/mol. The number of aromatic nitrogens is 1. The van der Waals surface area contributed by atoms with E-state index in [1.807, 2.05) is 0 Å². The lowest BCUT2D eigenvalue weighted by molar-refractivity contribution is 0.102. The number of anilines is 2. The van der Waals surface area contributed by atoms with Gasteiger partial charge < -0.3 is 26.4 Å². The Labute approximate surface area is 174 Å². The number of ether oxygens (including phenoxy) is 1. The fourth-order valence-corrected chi connectivity index (χ4v) is 2.69. The van der Waals surface area contributed by atoms with Crippen LogP contribution in [-0.2, 0) is 0 Å². The molecule has 0 saturated carbocycles.